The molecule has 0 aliphatic rings. The van der Waals surface area contributed by atoms with Crippen molar-refractivity contribution in [2.75, 3.05) is 23.3 Å². The van der Waals surface area contributed by atoms with Crippen LogP contribution in [0.1, 0.15) is 126 Å². The summed E-state index contributed by atoms with van der Waals surface area (Å²) in [6.07, 6.45) is 16.1. The summed E-state index contributed by atoms with van der Waals surface area (Å²) in [4.78, 5) is 31.3. The summed E-state index contributed by atoms with van der Waals surface area (Å²) in [7, 11) is 0. The smallest absolute Gasteiger partial charge is 0.160 e. The second kappa shape index (κ2) is 25.3. The van der Waals surface area contributed by atoms with Gasteiger partial charge in [0.15, 0.2) is 17.2 Å². The molecule has 10 heteroatoms. The molecule has 0 bridgehead atoms. The molecule has 0 aliphatic carbocycles. The van der Waals surface area contributed by atoms with Crippen LogP contribution in [-0.4, -0.2) is 48.4 Å². The Balaban J connectivity index is 0.000000642. The average Bonchev–Trinajstić information content (AvgIpc) is 3.66. The van der Waals surface area contributed by atoms with Gasteiger partial charge in [-0.1, -0.05) is 101 Å². The lowest BCUT2D eigenvalue weighted by Crippen LogP contribution is -2.31. The van der Waals surface area contributed by atoms with E-state index in [2.05, 4.69) is 90.9 Å². The number of aromatic nitrogens is 6. The molecule has 0 saturated carbocycles. The fraction of sp³-hybridized carbons (Fsp3) is 0.511. The van der Waals surface area contributed by atoms with E-state index in [4.69, 9.17) is 9.72 Å². The molecular weight excluding hydrogens is 685 g/mol. The van der Waals surface area contributed by atoms with Crippen molar-refractivity contribution in [3.8, 4) is 11.5 Å². The fourth-order valence-corrected chi connectivity index (χ4v) is 5.22. The normalized spacial score (nSPS) is 11.3. The molecule has 0 amide bonds. The van der Waals surface area contributed by atoms with Crippen molar-refractivity contribution in [2.24, 2.45) is 11.8 Å². The van der Waals surface area contributed by atoms with Gasteiger partial charge >= 0.3 is 0 Å². The number of unbranched alkanes of at least 4 members (excludes halogenated alkanes) is 1. The first-order valence-corrected chi connectivity index (χ1v) is 20.4. The topological polar surface area (TPSA) is 110 Å². The van der Waals surface area contributed by atoms with Crippen molar-refractivity contribution in [1.82, 2.24) is 29.5 Å². The largest absolute Gasteiger partial charge is 0.457 e. The van der Waals surface area contributed by atoms with Crippen molar-refractivity contribution in [2.45, 2.75) is 128 Å². The van der Waals surface area contributed by atoms with Crippen LogP contribution in [0.3, 0.4) is 0 Å². The first-order valence-electron chi connectivity index (χ1n) is 20.4. The van der Waals surface area contributed by atoms with Crippen LogP contribution in [0.15, 0.2) is 67.4 Å². The third-order valence-corrected chi connectivity index (χ3v) is 8.82. The molecule has 1 N–H and O–H groups in total. The van der Waals surface area contributed by atoms with Gasteiger partial charge in [-0.05, 0) is 92.5 Å². The summed E-state index contributed by atoms with van der Waals surface area (Å²) < 4.78 is 7.87. The minimum atomic E-state index is 0.127. The van der Waals surface area contributed by atoms with Crippen LogP contribution in [0.25, 0.3) is 16.7 Å². The number of rotatable bonds is 16. The minimum Gasteiger partial charge on any atom is -0.457 e. The molecule has 10 nitrogen and oxygen atoms in total. The molecular formula is C45H68N8O2. The summed E-state index contributed by atoms with van der Waals surface area (Å²) in [6.45, 7) is 27.2. The number of pyridine rings is 2. The Hall–Kier alpha value is -4.86. The highest BCUT2D eigenvalue weighted by Crippen LogP contribution is 2.32. The van der Waals surface area contributed by atoms with Gasteiger partial charge in [0.05, 0.1) is 5.52 Å². The van der Waals surface area contributed by atoms with Crippen LogP contribution >= 0.6 is 0 Å². The Morgan fingerprint density at radius 1 is 0.945 bits per heavy atom. The Labute approximate surface area is 331 Å². The van der Waals surface area contributed by atoms with E-state index in [0.29, 0.717) is 17.5 Å². The molecule has 300 valence electrons. The number of ketones is 1. The Kier molecular flexibility index (Phi) is 21.3. The number of ether oxygens (including phenoxy) is 1. The fourth-order valence-electron chi connectivity index (χ4n) is 5.22. The van der Waals surface area contributed by atoms with E-state index in [9.17, 15) is 4.79 Å². The molecule has 0 saturated heterocycles. The van der Waals surface area contributed by atoms with E-state index in [1.807, 2.05) is 64.2 Å². The van der Waals surface area contributed by atoms with Crippen molar-refractivity contribution in [3.05, 3.63) is 78.5 Å². The summed E-state index contributed by atoms with van der Waals surface area (Å²) in [6, 6.07) is 12.0. The lowest BCUT2D eigenvalue weighted by Gasteiger charge is -2.29. The SMILES string of the molecule is CC.CC/C=C/C(C)=O.CCC(C)C.CCCCN(CC(C)CC)c1nc2c(Nc3ccc(Oc4ccn5ncnc5c4)c(C)c3)ncnc2cc1CCC. The van der Waals surface area contributed by atoms with Crippen molar-refractivity contribution >= 4 is 39.8 Å². The van der Waals surface area contributed by atoms with E-state index < -0.39 is 0 Å². The van der Waals surface area contributed by atoms with Gasteiger partial charge in [-0.2, -0.15) is 5.10 Å². The highest BCUT2D eigenvalue weighted by Gasteiger charge is 2.19. The molecule has 5 aromatic rings. The van der Waals surface area contributed by atoms with Crippen LogP contribution in [-0.2, 0) is 11.2 Å². The van der Waals surface area contributed by atoms with E-state index in [1.54, 1.807) is 23.8 Å². The number of nitrogens with zero attached hydrogens (tertiary/aromatic N) is 7. The number of benzene rings is 1. The van der Waals surface area contributed by atoms with Crippen LogP contribution in [0.5, 0.6) is 11.5 Å². The van der Waals surface area contributed by atoms with Gasteiger partial charge in [0.25, 0.3) is 0 Å². The molecule has 1 atom stereocenters. The second-order valence-corrected chi connectivity index (χ2v) is 14.0. The molecule has 4 aromatic heterocycles. The summed E-state index contributed by atoms with van der Waals surface area (Å²) >= 11 is 0. The van der Waals surface area contributed by atoms with Gasteiger partial charge in [-0.15, -0.1) is 0 Å². The van der Waals surface area contributed by atoms with Crippen molar-refractivity contribution < 1.29 is 9.53 Å². The van der Waals surface area contributed by atoms with Crippen LogP contribution in [0.4, 0.5) is 17.3 Å². The zero-order valence-electron chi connectivity index (χ0n) is 35.8. The van der Waals surface area contributed by atoms with Gasteiger partial charge in [0.1, 0.15) is 35.5 Å². The number of allylic oxidation sites excluding steroid dienone is 2. The Morgan fingerprint density at radius 2 is 1.69 bits per heavy atom. The first kappa shape index (κ1) is 46.3. The van der Waals surface area contributed by atoms with Crippen molar-refractivity contribution in [1.29, 1.82) is 0 Å². The van der Waals surface area contributed by atoms with Gasteiger partial charge in [0, 0.05) is 31.0 Å². The standard InChI is InChI=1S/C32H40N8O.C6H10O.C5H12.C2H6/c1-6-9-14-39(19-22(4)8-3)32-24(10-7-2)17-27-30(38-32)31(35-20-33-27)37-25-11-12-28(23(5)16-25)41-26-13-15-40-29(18-26)34-21-36-40;1-3-4-5-6(2)7;1-4-5(2)3;1-2/h11-13,15-18,20-22H,6-10,14,19H2,1-5H3,(H,33,35,37);4-5H,3H2,1-2H3;5H,4H2,1-3H3;1-2H3/b;5-4+;;. The molecule has 1 aromatic carbocycles. The van der Waals surface area contributed by atoms with Crippen molar-refractivity contribution in [3.63, 3.8) is 0 Å². The molecule has 0 radical (unpaired) electrons. The van der Waals surface area contributed by atoms with E-state index >= 15 is 0 Å². The third-order valence-electron chi connectivity index (χ3n) is 8.82. The summed E-state index contributed by atoms with van der Waals surface area (Å²) in [5.74, 6) is 4.84. The predicted molar refractivity (Wildman–Crippen MR) is 232 cm³/mol. The number of carbonyl (C=O) groups is 1. The first-order chi connectivity index (χ1) is 26.5. The van der Waals surface area contributed by atoms with Gasteiger partial charge in [-0.25, -0.2) is 24.5 Å². The Morgan fingerprint density at radius 3 is 2.29 bits per heavy atom. The zero-order valence-corrected chi connectivity index (χ0v) is 35.8. The minimum absolute atomic E-state index is 0.127. The summed E-state index contributed by atoms with van der Waals surface area (Å²) in [5, 5.41) is 7.64. The highest BCUT2D eigenvalue weighted by molar-refractivity contribution is 5.89. The zero-order chi connectivity index (χ0) is 40.8. The lowest BCUT2D eigenvalue weighted by molar-refractivity contribution is -0.112. The molecule has 0 spiro atoms. The van der Waals surface area contributed by atoms with Crippen LogP contribution in [0.2, 0.25) is 0 Å². The van der Waals surface area contributed by atoms with Crippen LogP contribution in [0, 0.1) is 18.8 Å². The predicted octanol–water partition coefficient (Wildman–Crippen LogP) is 12.1. The molecule has 1 unspecified atom stereocenters. The van der Waals surface area contributed by atoms with E-state index in [1.165, 1.54) is 18.3 Å². The molecule has 0 aliphatic heterocycles. The van der Waals surface area contributed by atoms with Gasteiger partial charge in [-0.3, -0.25) is 4.79 Å². The number of aryl methyl sites for hydroxylation is 2. The molecule has 4 heterocycles. The lowest BCUT2D eigenvalue weighted by atomic mass is 10.1. The van der Waals surface area contributed by atoms with Gasteiger partial charge in [0.2, 0.25) is 0 Å². The van der Waals surface area contributed by atoms with E-state index in [0.717, 1.165) is 97.0 Å². The van der Waals surface area contributed by atoms with Crippen LogP contribution < -0.4 is 15.0 Å². The molecule has 5 rings (SSSR count). The molecule has 55 heavy (non-hydrogen) atoms. The number of hydrogen-bond donors (Lipinski definition) is 1. The average molecular weight is 753 g/mol. The number of carbonyl (C=O) groups excluding carboxylic acids is 1. The third kappa shape index (κ3) is 15.4. The number of nitrogens with one attached hydrogen (secondary N) is 1. The Bertz CT molecular complexity index is 1880. The quantitative estimate of drug-likeness (QED) is 0.0985. The number of fused-ring (bicyclic) bond motifs is 2. The maximum Gasteiger partial charge on any atom is 0.160 e. The monoisotopic (exact) mass is 753 g/mol. The highest BCUT2D eigenvalue weighted by atomic mass is 16.5. The second-order valence-electron chi connectivity index (χ2n) is 14.0. The maximum atomic E-state index is 10.1. The summed E-state index contributed by atoms with van der Waals surface area (Å²) in [5.41, 5.74) is 5.53. The van der Waals surface area contributed by atoms with E-state index in [-0.39, 0.29) is 5.78 Å². The maximum absolute atomic E-state index is 10.1. The molecule has 0 fully saturated rings. The number of anilines is 3. The van der Waals surface area contributed by atoms with Gasteiger partial charge < -0.3 is 15.0 Å². The number of hydrogen-bond acceptors (Lipinski definition) is 9.